The summed E-state index contributed by atoms with van der Waals surface area (Å²) < 4.78 is 10.4. The van der Waals surface area contributed by atoms with Gasteiger partial charge in [-0.3, -0.25) is 4.79 Å². The number of carbonyl (C=O) groups is 1. The molecule has 0 aromatic heterocycles. The van der Waals surface area contributed by atoms with Gasteiger partial charge in [0.1, 0.15) is 5.75 Å². The van der Waals surface area contributed by atoms with Crippen LogP contribution in [0.4, 0.5) is 5.69 Å². The highest BCUT2D eigenvalue weighted by Gasteiger charge is 2.15. The number of anilines is 1. The monoisotopic (exact) mass is 280 g/mol. The van der Waals surface area contributed by atoms with E-state index < -0.39 is 0 Å². The van der Waals surface area contributed by atoms with Crippen molar-refractivity contribution in [2.24, 2.45) is 5.73 Å². The van der Waals surface area contributed by atoms with Crippen LogP contribution in [0.2, 0.25) is 0 Å². The van der Waals surface area contributed by atoms with Crippen LogP contribution in [0.1, 0.15) is 19.8 Å². The SMILES string of the molecule is CCOCCC(=O)N(CCCN)c1cccc(OC)c1. The molecule has 5 heteroatoms. The Bertz CT molecular complexity index is 410. The Morgan fingerprint density at radius 3 is 2.85 bits per heavy atom. The van der Waals surface area contributed by atoms with Crippen LogP contribution in [0.3, 0.4) is 0 Å². The van der Waals surface area contributed by atoms with Gasteiger partial charge >= 0.3 is 0 Å². The maximum atomic E-state index is 12.3. The maximum absolute atomic E-state index is 12.3. The van der Waals surface area contributed by atoms with E-state index in [0.29, 0.717) is 32.7 Å². The van der Waals surface area contributed by atoms with Crippen LogP contribution < -0.4 is 15.4 Å². The smallest absolute Gasteiger partial charge is 0.229 e. The molecule has 20 heavy (non-hydrogen) atoms. The number of benzene rings is 1. The minimum Gasteiger partial charge on any atom is -0.497 e. The summed E-state index contributed by atoms with van der Waals surface area (Å²) in [6.07, 6.45) is 1.13. The average Bonchev–Trinajstić information content (AvgIpc) is 2.48. The van der Waals surface area contributed by atoms with E-state index >= 15 is 0 Å². The highest BCUT2D eigenvalue weighted by Crippen LogP contribution is 2.21. The Morgan fingerprint density at radius 1 is 1.40 bits per heavy atom. The van der Waals surface area contributed by atoms with E-state index in [1.807, 2.05) is 31.2 Å². The van der Waals surface area contributed by atoms with Crippen molar-refractivity contribution in [3.63, 3.8) is 0 Å². The van der Waals surface area contributed by atoms with Crippen LogP contribution in [0.25, 0.3) is 0 Å². The zero-order chi connectivity index (χ0) is 14.8. The van der Waals surface area contributed by atoms with Crippen LogP contribution >= 0.6 is 0 Å². The third-order valence-electron chi connectivity index (χ3n) is 2.92. The molecule has 0 atom stereocenters. The minimum absolute atomic E-state index is 0.0418. The van der Waals surface area contributed by atoms with E-state index in [2.05, 4.69) is 0 Å². The van der Waals surface area contributed by atoms with Crippen LogP contribution in [0.5, 0.6) is 5.75 Å². The summed E-state index contributed by atoms with van der Waals surface area (Å²) in [5.74, 6) is 0.776. The van der Waals surface area contributed by atoms with Crippen molar-refractivity contribution in [1.82, 2.24) is 0 Å². The van der Waals surface area contributed by atoms with Crippen molar-refractivity contribution in [2.45, 2.75) is 19.8 Å². The summed E-state index contributed by atoms with van der Waals surface area (Å²) in [6.45, 7) is 4.14. The van der Waals surface area contributed by atoms with Gasteiger partial charge in [0.05, 0.1) is 20.1 Å². The lowest BCUT2D eigenvalue weighted by atomic mass is 10.2. The molecule has 0 saturated carbocycles. The Labute approximate surface area is 120 Å². The standard InChI is InChI=1S/C15H24N2O3/c1-3-20-11-8-15(18)17(10-5-9-16)13-6-4-7-14(12-13)19-2/h4,6-7,12H,3,5,8-11,16H2,1-2H3. The van der Waals surface area contributed by atoms with Crippen LogP contribution in [-0.2, 0) is 9.53 Å². The van der Waals surface area contributed by atoms with E-state index in [4.69, 9.17) is 15.2 Å². The molecule has 0 radical (unpaired) electrons. The van der Waals surface area contributed by atoms with Gasteiger partial charge in [-0.05, 0) is 32.0 Å². The molecule has 0 aliphatic rings. The first-order valence-electron chi connectivity index (χ1n) is 6.95. The molecule has 0 aliphatic heterocycles. The van der Waals surface area contributed by atoms with Gasteiger partial charge in [0.2, 0.25) is 5.91 Å². The summed E-state index contributed by atoms with van der Waals surface area (Å²) in [4.78, 5) is 14.0. The number of ether oxygens (including phenoxy) is 2. The minimum atomic E-state index is 0.0418. The topological polar surface area (TPSA) is 64.8 Å². The normalized spacial score (nSPS) is 10.3. The van der Waals surface area contributed by atoms with Gasteiger partial charge < -0.3 is 20.1 Å². The molecule has 0 spiro atoms. The number of methoxy groups -OCH3 is 1. The second-order valence-corrected chi connectivity index (χ2v) is 4.34. The van der Waals surface area contributed by atoms with Gasteiger partial charge in [-0.15, -0.1) is 0 Å². The molecule has 0 saturated heterocycles. The van der Waals surface area contributed by atoms with E-state index in [0.717, 1.165) is 17.9 Å². The van der Waals surface area contributed by atoms with Gasteiger partial charge in [-0.25, -0.2) is 0 Å². The van der Waals surface area contributed by atoms with Gasteiger partial charge in [0, 0.05) is 24.9 Å². The van der Waals surface area contributed by atoms with Crippen LogP contribution in [-0.4, -0.2) is 39.3 Å². The highest BCUT2D eigenvalue weighted by molar-refractivity contribution is 5.93. The largest absolute Gasteiger partial charge is 0.497 e. The summed E-state index contributed by atoms with van der Waals surface area (Å²) >= 11 is 0. The van der Waals surface area contributed by atoms with Crippen LogP contribution in [0.15, 0.2) is 24.3 Å². The van der Waals surface area contributed by atoms with Gasteiger partial charge in [-0.1, -0.05) is 6.07 Å². The lowest BCUT2D eigenvalue weighted by molar-refractivity contribution is -0.119. The predicted octanol–water partition coefficient (Wildman–Crippen LogP) is 1.80. The van der Waals surface area contributed by atoms with Crippen molar-refractivity contribution in [1.29, 1.82) is 0 Å². The third kappa shape index (κ3) is 5.19. The van der Waals surface area contributed by atoms with Crippen molar-refractivity contribution in [3.8, 4) is 5.75 Å². The van der Waals surface area contributed by atoms with Crippen molar-refractivity contribution >= 4 is 11.6 Å². The van der Waals surface area contributed by atoms with E-state index in [1.54, 1.807) is 12.0 Å². The predicted molar refractivity (Wildman–Crippen MR) is 80.1 cm³/mol. The average molecular weight is 280 g/mol. The van der Waals surface area contributed by atoms with Gasteiger partial charge in [-0.2, -0.15) is 0 Å². The van der Waals surface area contributed by atoms with E-state index in [9.17, 15) is 4.79 Å². The Kier molecular flexibility index (Phi) is 7.69. The lowest BCUT2D eigenvalue weighted by Crippen LogP contribution is -2.33. The third-order valence-corrected chi connectivity index (χ3v) is 2.92. The maximum Gasteiger partial charge on any atom is 0.229 e. The Morgan fingerprint density at radius 2 is 2.20 bits per heavy atom. The fourth-order valence-corrected chi connectivity index (χ4v) is 1.86. The molecule has 0 aliphatic carbocycles. The fraction of sp³-hybridized carbons (Fsp3) is 0.533. The number of hydrogen-bond donors (Lipinski definition) is 1. The molecule has 1 aromatic rings. The van der Waals surface area contributed by atoms with E-state index in [1.165, 1.54) is 0 Å². The zero-order valence-electron chi connectivity index (χ0n) is 12.3. The number of nitrogens with two attached hydrogens (primary N) is 1. The molecular formula is C15H24N2O3. The zero-order valence-corrected chi connectivity index (χ0v) is 12.3. The molecule has 5 nitrogen and oxygen atoms in total. The Hall–Kier alpha value is -1.59. The molecular weight excluding hydrogens is 256 g/mol. The quantitative estimate of drug-likeness (QED) is 0.701. The van der Waals surface area contributed by atoms with Crippen molar-refractivity contribution in [2.75, 3.05) is 38.3 Å². The summed E-state index contributed by atoms with van der Waals surface area (Å²) in [7, 11) is 1.61. The second kappa shape index (κ2) is 9.34. The van der Waals surface area contributed by atoms with Crippen molar-refractivity contribution < 1.29 is 14.3 Å². The summed E-state index contributed by atoms with van der Waals surface area (Å²) in [5, 5.41) is 0. The molecule has 2 N–H and O–H groups in total. The number of amides is 1. The first kappa shape index (κ1) is 16.5. The number of rotatable bonds is 9. The van der Waals surface area contributed by atoms with Crippen LogP contribution in [0, 0.1) is 0 Å². The number of nitrogens with zero attached hydrogens (tertiary/aromatic N) is 1. The highest BCUT2D eigenvalue weighted by atomic mass is 16.5. The molecule has 1 aromatic carbocycles. The molecule has 1 amide bonds. The second-order valence-electron chi connectivity index (χ2n) is 4.34. The first-order chi connectivity index (χ1) is 9.72. The summed E-state index contributed by atoms with van der Waals surface area (Å²) in [6, 6.07) is 7.49. The number of hydrogen-bond acceptors (Lipinski definition) is 4. The Balaban J connectivity index is 2.78. The molecule has 1 rings (SSSR count). The van der Waals surface area contributed by atoms with Gasteiger partial charge in [0.15, 0.2) is 0 Å². The van der Waals surface area contributed by atoms with E-state index in [-0.39, 0.29) is 5.91 Å². The first-order valence-corrected chi connectivity index (χ1v) is 6.95. The molecule has 0 fully saturated rings. The van der Waals surface area contributed by atoms with Gasteiger partial charge in [0.25, 0.3) is 0 Å². The number of carbonyl (C=O) groups excluding carboxylic acids is 1. The van der Waals surface area contributed by atoms with Crippen molar-refractivity contribution in [3.05, 3.63) is 24.3 Å². The molecule has 0 heterocycles. The summed E-state index contributed by atoms with van der Waals surface area (Å²) in [5.41, 5.74) is 6.38. The molecule has 0 bridgehead atoms. The molecule has 112 valence electrons. The fourth-order valence-electron chi connectivity index (χ4n) is 1.86. The lowest BCUT2D eigenvalue weighted by Gasteiger charge is -2.23. The molecule has 0 unspecified atom stereocenters.